The Morgan fingerprint density at radius 1 is 0.609 bits per heavy atom. The Hall–Kier alpha value is 0.650. The van der Waals surface area contributed by atoms with E-state index in [1.165, 1.54) is 11.8 Å². The summed E-state index contributed by atoms with van der Waals surface area (Å²) in [5.74, 6) is 0. The van der Waals surface area contributed by atoms with Crippen molar-refractivity contribution in [1.29, 1.82) is 0 Å². The predicted octanol–water partition coefficient (Wildman–Crippen LogP) is 5.72. The summed E-state index contributed by atoms with van der Waals surface area (Å²) in [7, 11) is -6.51. The molecule has 0 aliphatic heterocycles. The molecule has 9 heteroatoms. The van der Waals surface area contributed by atoms with Gasteiger partial charge in [0.2, 0.25) is 0 Å². The third-order valence-corrected chi connectivity index (χ3v) is 8.95. The molecule has 0 heterocycles. The van der Waals surface area contributed by atoms with Crippen molar-refractivity contribution in [3.63, 3.8) is 0 Å². The maximum absolute atomic E-state index is 12.7. The highest BCUT2D eigenvalue weighted by Crippen LogP contribution is 2.58. The first-order valence-corrected chi connectivity index (χ1v) is 12.5. The van der Waals surface area contributed by atoms with Gasteiger partial charge in [-0.25, -0.2) is 0 Å². The molecule has 0 aromatic rings. The molecular weight excluding hydrogens is 358 g/mol. The molecule has 0 aliphatic rings. The van der Waals surface area contributed by atoms with Crippen LogP contribution >= 0.6 is 27.0 Å². The van der Waals surface area contributed by atoms with Crippen LogP contribution in [0.4, 0.5) is 0 Å². The Morgan fingerprint density at radius 3 is 1.00 bits per heavy atom. The van der Waals surface area contributed by atoms with Gasteiger partial charge < -0.3 is 18.1 Å². The van der Waals surface area contributed by atoms with Crippen LogP contribution in [0, 0.1) is 0 Å². The van der Waals surface area contributed by atoms with Crippen molar-refractivity contribution in [3.8, 4) is 0 Å². The molecule has 0 N–H and O–H groups in total. The lowest BCUT2D eigenvalue weighted by Crippen LogP contribution is -2.11. The molecule has 0 aromatic carbocycles. The second-order valence-corrected chi connectivity index (χ2v) is 12.1. The highest BCUT2D eigenvalue weighted by atomic mass is 32.2. The fraction of sp³-hybridized carbons (Fsp3) is 1.00. The van der Waals surface area contributed by atoms with E-state index in [0.717, 1.165) is 0 Å². The zero-order valence-electron chi connectivity index (χ0n) is 15.5. The minimum atomic E-state index is -3.26. The van der Waals surface area contributed by atoms with Crippen LogP contribution in [0.5, 0.6) is 0 Å². The van der Waals surface area contributed by atoms with E-state index in [9.17, 15) is 9.13 Å². The lowest BCUT2D eigenvalue weighted by atomic mass is 10.5. The van der Waals surface area contributed by atoms with Gasteiger partial charge in [-0.05, 0) is 55.4 Å². The molecule has 6 nitrogen and oxygen atoms in total. The van der Waals surface area contributed by atoms with E-state index in [1.807, 2.05) is 0 Å². The van der Waals surface area contributed by atoms with Gasteiger partial charge in [-0.15, -0.1) is 11.8 Å². The minimum Gasteiger partial charge on any atom is -0.305 e. The standard InChI is InChI=1S/C14H32O6P2S/c1-11(2)17-21(15,18-12(3)4)9-23-10-22(16,19-13(5)6)20-14(7)8/h11-14H,9-10H2,1-8H3. The minimum absolute atomic E-state index is 0.107. The van der Waals surface area contributed by atoms with E-state index in [-0.39, 0.29) is 35.4 Å². The Balaban J connectivity index is 4.80. The number of rotatable bonds is 12. The molecule has 0 spiro atoms. The summed E-state index contributed by atoms with van der Waals surface area (Å²) >= 11 is 1.21. The molecule has 0 atom stereocenters. The zero-order valence-corrected chi connectivity index (χ0v) is 18.1. The van der Waals surface area contributed by atoms with Crippen LogP contribution in [0.25, 0.3) is 0 Å². The molecule has 0 rings (SSSR count). The van der Waals surface area contributed by atoms with Gasteiger partial charge in [-0.3, -0.25) is 9.13 Å². The summed E-state index contributed by atoms with van der Waals surface area (Å²) in [6.07, 6.45) is -0.867. The van der Waals surface area contributed by atoms with Crippen molar-refractivity contribution in [3.05, 3.63) is 0 Å². The SMILES string of the molecule is CC(C)OP(=O)(CSCP(=O)(OC(C)C)OC(C)C)OC(C)C. The van der Waals surface area contributed by atoms with Gasteiger partial charge in [0, 0.05) is 0 Å². The van der Waals surface area contributed by atoms with Crippen molar-refractivity contribution in [2.75, 3.05) is 11.0 Å². The summed E-state index contributed by atoms with van der Waals surface area (Å²) in [6, 6.07) is 0. The van der Waals surface area contributed by atoms with Crippen molar-refractivity contribution in [1.82, 2.24) is 0 Å². The normalized spacial score (nSPS) is 13.7. The molecule has 0 radical (unpaired) electrons. The summed E-state index contributed by atoms with van der Waals surface area (Å²) in [6.45, 7) is 14.4. The quantitative estimate of drug-likeness (QED) is 0.395. The lowest BCUT2D eigenvalue weighted by Gasteiger charge is -2.25. The zero-order chi connectivity index (χ0) is 18.3. The van der Waals surface area contributed by atoms with Crippen LogP contribution in [-0.4, -0.2) is 35.4 Å². The second-order valence-electron chi connectivity index (χ2n) is 6.30. The van der Waals surface area contributed by atoms with Gasteiger partial charge >= 0.3 is 15.2 Å². The van der Waals surface area contributed by atoms with E-state index in [0.29, 0.717) is 0 Å². The van der Waals surface area contributed by atoms with Crippen molar-refractivity contribution >= 4 is 27.0 Å². The van der Waals surface area contributed by atoms with E-state index >= 15 is 0 Å². The predicted molar refractivity (Wildman–Crippen MR) is 97.4 cm³/mol. The maximum Gasteiger partial charge on any atom is 0.340 e. The Morgan fingerprint density at radius 2 is 0.826 bits per heavy atom. The van der Waals surface area contributed by atoms with Gasteiger partial charge in [0.1, 0.15) is 0 Å². The smallest absolute Gasteiger partial charge is 0.305 e. The first-order chi connectivity index (χ1) is 10.4. The summed E-state index contributed by atoms with van der Waals surface area (Å²) in [5.41, 5.74) is 0.215. The third-order valence-electron chi connectivity index (χ3n) is 1.98. The van der Waals surface area contributed by atoms with Gasteiger partial charge in [0.05, 0.1) is 35.4 Å². The molecule has 0 fully saturated rings. The fourth-order valence-corrected chi connectivity index (χ4v) is 8.21. The van der Waals surface area contributed by atoms with E-state index < -0.39 is 15.2 Å². The molecule has 140 valence electrons. The average molecular weight is 390 g/mol. The average Bonchev–Trinajstić information content (AvgIpc) is 2.22. The van der Waals surface area contributed by atoms with Crippen LogP contribution in [0.15, 0.2) is 0 Å². The van der Waals surface area contributed by atoms with E-state index in [2.05, 4.69) is 0 Å². The third kappa shape index (κ3) is 11.8. The topological polar surface area (TPSA) is 71.1 Å². The summed E-state index contributed by atoms with van der Waals surface area (Å²) in [4.78, 5) is 0. The van der Waals surface area contributed by atoms with Gasteiger partial charge in [0.15, 0.2) is 0 Å². The number of hydrogen-bond donors (Lipinski definition) is 0. The summed E-state index contributed by atoms with van der Waals surface area (Å²) < 4.78 is 47.3. The number of thioether (sulfide) groups is 1. The van der Waals surface area contributed by atoms with Crippen molar-refractivity contribution in [2.45, 2.75) is 79.8 Å². The lowest BCUT2D eigenvalue weighted by molar-refractivity contribution is 0.145. The second kappa shape index (κ2) is 10.6. The molecule has 0 aromatic heterocycles. The monoisotopic (exact) mass is 390 g/mol. The molecule has 0 unspecified atom stereocenters. The largest absolute Gasteiger partial charge is 0.340 e. The van der Waals surface area contributed by atoms with Crippen LogP contribution in [0.3, 0.4) is 0 Å². The van der Waals surface area contributed by atoms with Crippen molar-refractivity contribution < 1.29 is 27.2 Å². The molecule has 0 amide bonds. The van der Waals surface area contributed by atoms with Crippen LogP contribution < -0.4 is 0 Å². The first-order valence-electron chi connectivity index (χ1n) is 7.87. The summed E-state index contributed by atoms with van der Waals surface area (Å²) in [5, 5.41) is 0. The van der Waals surface area contributed by atoms with Crippen molar-refractivity contribution in [2.24, 2.45) is 0 Å². The highest BCUT2D eigenvalue weighted by Gasteiger charge is 2.32. The Labute approximate surface area is 145 Å². The van der Waals surface area contributed by atoms with E-state index in [1.54, 1.807) is 55.4 Å². The molecule has 0 bridgehead atoms. The molecular formula is C14H32O6P2S. The van der Waals surface area contributed by atoms with E-state index in [4.69, 9.17) is 18.1 Å². The van der Waals surface area contributed by atoms with Gasteiger partial charge in [-0.1, -0.05) is 0 Å². The van der Waals surface area contributed by atoms with Gasteiger partial charge in [-0.2, -0.15) is 0 Å². The molecule has 0 saturated heterocycles. The van der Waals surface area contributed by atoms with Crippen LogP contribution in [0.2, 0.25) is 0 Å². The Kier molecular flexibility index (Phi) is 10.9. The fourth-order valence-electron chi connectivity index (χ4n) is 1.72. The highest BCUT2D eigenvalue weighted by molar-refractivity contribution is 8.08. The van der Waals surface area contributed by atoms with Crippen LogP contribution in [0.1, 0.15) is 55.4 Å². The van der Waals surface area contributed by atoms with Crippen LogP contribution in [-0.2, 0) is 27.2 Å². The maximum atomic E-state index is 12.7. The Bertz CT molecular complexity index is 359. The molecule has 0 aliphatic carbocycles. The molecule has 23 heavy (non-hydrogen) atoms. The molecule has 0 saturated carbocycles. The first kappa shape index (κ1) is 23.6. The van der Waals surface area contributed by atoms with Gasteiger partial charge in [0.25, 0.3) is 0 Å². The number of hydrogen-bond acceptors (Lipinski definition) is 7.